The molecule has 0 amide bonds. The van der Waals surface area contributed by atoms with Crippen LogP contribution in [0.3, 0.4) is 0 Å². The lowest BCUT2D eigenvalue weighted by Gasteiger charge is -2.05. The van der Waals surface area contributed by atoms with Crippen LogP contribution >= 0.6 is 0 Å². The van der Waals surface area contributed by atoms with E-state index in [-0.39, 0.29) is 10.5 Å². The van der Waals surface area contributed by atoms with Gasteiger partial charge in [-0.3, -0.25) is 4.79 Å². The Morgan fingerprint density at radius 1 is 1.11 bits per heavy atom. The third-order valence-corrected chi connectivity index (χ3v) is 3.85. The number of nitrogens with two attached hydrogens (primary N) is 1. The molecule has 0 aliphatic carbocycles. The topological polar surface area (TPSA) is 60.2 Å². The van der Waals surface area contributed by atoms with E-state index < -0.39 is 16.6 Å². The maximum atomic E-state index is 13.2. The molecule has 2 N–H and O–H groups in total. The third kappa shape index (κ3) is 2.46. The Labute approximate surface area is 106 Å². The average molecular weight is 263 g/mol. The lowest BCUT2D eigenvalue weighted by molar-refractivity contribution is 0.112. The standard InChI is InChI=1S/C13H10FNO2S/c14-10-2-1-9(8-16)13(7-10)18(17)12-5-3-11(15)4-6-12/h1-8H,15H2. The summed E-state index contributed by atoms with van der Waals surface area (Å²) in [5, 5.41) is 0. The van der Waals surface area contributed by atoms with Gasteiger partial charge in [-0.2, -0.15) is 0 Å². The predicted octanol–water partition coefficient (Wildman–Crippen LogP) is 2.39. The molecule has 18 heavy (non-hydrogen) atoms. The molecule has 3 nitrogen and oxygen atoms in total. The van der Waals surface area contributed by atoms with Crippen LogP contribution in [-0.4, -0.2) is 10.5 Å². The number of carbonyl (C=O) groups excluding carboxylic acids is 1. The van der Waals surface area contributed by atoms with E-state index in [1.165, 1.54) is 6.07 Å². The highest BCUT2D eigenvalue weighted by Gasteiger charge is 2.12. The van der Waals surface area contributed by atoms with Gasteiger partial charge >= 0.3 is 0 Å². The minimum Gasteiger partial charge on any atom is -0.399 e. The van der Waals surface area contributed by atoms with Crippen molar-refractivity contribution in [3.63, 3.8) is 0 Å². The zero-order valence-electron chi connectivity index (χ0n) is 9.30. The zero-order valence-corrected chi connectivity index (χ0v) is 10.1. The average Bonchev–Trinajstić information content (AvgIpc) is 2.39. The van der Waals surface area contributed by atoms with Gasteiger partial charge in [-0.25, -0.2) is 8.60 Å². The molecular weight excluding hydrogens is 253 g/mol. The fourth-order valence-corrected chi connectivity index (χ4v) is 2.67. The molecule has 0 spiro atoms. The highest BCUT2D eigenvalue weighted by Crippen LogP contribution is 2.21. The van der Waals surface area contributed by atoms with Crippen molar-refractivity contribution in [3.8, 4) is 0 Å². The van der Waals surface area contributed by atoms with Crippen LogP contribution in [0.15, 0.2) is 52.3 Å². The van der Waals surface area contributed by atoms with Gasteiger partial charge < -0.3 is 5.73 Å². The van der Waals surface area contributed by atoms with Crippen LogP contribution < -0.4 is 5.73 Å². The molecule has 0 bridgehead atoms. The highest BCUT2D eigenvalue weighted by atomic mass is 32.2. The fourth-order valence-electron chi connectivity index (χ4n) is 1.48. The van der Waals surface area contributed by atoms with Gasteiger partial charge in [-0.05, 0) is 42.5 Å². The van der Waals surface area contributed by atoms with Crippen molar-refractivity contribution in [2.75, 3.05) is 5.73 Å². The molecule has 2 rings (SSSR count). The lowest BCUT2D eigenvalue weighted by Crippen LogP contribution is -1.99. The van der Waals surface area contributed by atoms with Crippen molar-refractivity contribution in [1.29, 1.82) is 0 Å². The number of carbonyl (C=O) groups is 1. The van der Waals surface area contributed by atoms with Crippen LogP contribution in [0.25, 0.3) is 0 Å². The van der Waals surface area contributed by atoms with Gasteiger partial charge in [-0.1, -0.05) is 0 Å². The number of anilines is 1. The molecule has 2 aromatic rings. The number of halogens is 1. The zero-order chi connectivity index (χ0) is 13.1. The number of aldehydes is 1. The van der Waals surface area contributed by atoms with Gasteiger partial charge in [0.1, 0.15) is 5.82 Å². The number of hydrogen-bond acceptors (Lipinski definition) is 3. The summed E-state index contributed by atoms with van der Waals surface area (Å²) < 4.78 is 25.4. The number of rotatable bonds is 3. The maximum absolute atomic E-state index is 13.2. The van der Waals surface area contributed by atoms with E-state index in [9.17, 15) is 13.4 Å². The molecule has 0 saturated carbocycles. The summed E-state index contributed by atoms with van der Waals surface area (Å²) in [7, 11) is -1.60. The number of nitrogen functional groups attached to an aromatic ring is 1. The minimum atomic E-state index is -1.60. The van der Waals surface area contributed by atoms with Crippen molar-refractivity contribution in [3.05, 3.63) is 53.8 Å². The molecule has 0 radical (unpaired) electrons. The molecule has 0 saturated heterocycles. The van der Waals surface area contributed by atoms with E-state index in [2.05, 4.69) is 0 Å². The molecule has 2 aromatic carbocycles. The molecule has 92 valence electrons. The second-order valence-electron chi connectivity index (χ2n) is 3.64. The SMILES string of the molecule is Nc1ccc(S(=O)c2cc(F)ccc2C=O)cc1. The van der Waals surface area contributed by atoms with E-state index in [1.807, 2.05) is 0 Å². The first-order valence-corrected chi connectivity index (χ1v) is 6.29. The molecule has 5 heteroatoms. The van der Waals surface area contributed by atoms with Crippen LogP contribution in [0.4, 0.5) is 10.1 Å². The molecule has 0 fully saturated rings. The monoisotopic (exact) mass is 263 g/mol. The molecular formula is C13H10FNO2S. The first kappa shape index (κ1) is 12.4. The second-order valence-corrected chi connectivity index (χ2v) is 5.09. The summed E-state index contributed by atoms with van der Waals surface area (Å²) in [4.78, 5) is 11.5. The summed E-state index contributed by atoms with van der Waals surface area (Å²) >= 11 is 0. The van der Waals surface area contributed by atoms with Gasteiger partial charge in [0.25, 0.3) is 0 Å². The highest BCUT2D eigenvalue weighted by molar-refractivity contribution is 7.85. The Morgan fingerprint density at radius 2 is 1.78 bits per heavy atom. The smallest absolute Gasteiger partial charge is 0.151 e. The Kier molecular flexibility index (Phi) is 3.53. The van der Waals surface area contributed by atoms with Crippen LogP contribution in [0, 0.1) is 5.82 Å². The summed E-state index contributed by atoms with van der Waals surface area (Å²) in [6, 6.07) is 9.96. The van der Waals surface area contributed by atoms with Gasteiger partial charge in [0.15, 0.2) is 6.29 Å². The second kappa shape index (κ2) is 5.10. The van der Waals surface area contributed by atoms with Gasteiger partial charge in [0, 0.05) is 16.1 Å². The normalized spacial score (nSPS) is 12.1. The third-order valence-electron chi connectivity index (χ3n) is 2.40. The summed E-state index contributed by atoms with van der Waals surface area (Å²) in [6.45, 7) is 0. The molecule has 0 aliphatic heterocycles. The molecule has 0 aliphatic rings. The largest absolute Gasteiger partial charge is 0.399 e. The summed E-state index contributed by atoms with van der Waals surface area (Å²) in [5.41, 5.74) is 6.29. The maximum Gasteiger partial charge on any atom is 0.151 e. The van der Waals surface area contributed by atoms with Crippen LogP contribution in [0.2, 0.25) is 0 Å². The molecule has 0 heterocycles. The lowest BCUT2D eigenvalue weighted by atomic mass is 10.2. The van der Waals surface area contributed by atoms with Crippen molar-refractivity contribution in [1.82, 2.24) is 0 Å². The van der Waals surface area contributed by atoms with Gasteiger partial charge in [-0.15, -0.1) is 0 Å². The first-order valence-electron chi connectivity index (χ1n) is 5.14. The molecule has 1 unspecified atom stereocenters. The van der Waals surface area contributed by atoms with E-state index in [1.54, 1.807) is 24.3 Å². The van der Waals surface area contributed by atoms with Gasteiger partial charge in [0.05, 0.1) is 15.7 Å². The van der Waals surface area contributed by atoms with E-state index >= 15 is 0 Å². The summed E-state index contributed by atoms with van der Waals surface area (Å²) in [6.07, 6.45) is 0.559. The van der Waals surface area contributed by atoms with E-state index in [0.717, 1.165) is 12.1 Å². The summed E-state index contributed by atoms with van der Waals surface area (Å²) in [5.74, 6) is -0.528. The van der Waals surface area contributed by atoms with Crippen LogP contribution in [-0.2, 0) is 10.8 Å². The Morgan fingerprint density at radius 3 is 2.39 bits per heavy atom. The quantitative estimate of drug-likeness (QED) is 0.683. The Hall–Kier alpha value is -2.01. The van der Waals surface area contributed by atoms with E-state index in [0.29, 0.717) is 16.9 Å². The van der Waals surface area contributed by atoms with Crippen molar-refractivity contribution in [2.24, 2.45) is 0 Å². The number of benzene rings is 2. The number of hydrogen-bond donors (Lipinski definition) is 1. The van der Waals surface area contributed by atoms with Crippen LogP contribution in [0.5, 0.6) is 0 Å². The van der Waals surface area contributed by atoms with Gasteiger partial charge in [0.2, 0.25) is 0 Å². The molecule has 0 aromatic heterocycles. The fraction of sp³-hybridized carbons (Fsp3) is 0. The Balaban J connectivity index is 2.48. The van der Waals surface area contributed by atoms with Crippen LogP contribution in [0.1, 0.15) is 10.4 Å². The Bertz CT molecular complexity index is 611. The van der Waals surface area contributed by atoms with Crippen molar-refractivity contribution >= 4 is 22.8 Å². The first-order chi connectivity index (χ1) is 8.61. The van der Waals surface area contributed by atoms with Crippen molar-refractivity contribution in [2.45, 2.75) is 9.79 Å². The van der Waals surface area contributed by atoms with Crippen molar-refractivity contribution < 1.29 is 13.4 Å². The molecule has 1 atom stereocenters. The predicted molar refractivity (Wildman–Crippen MR) is 67.3 cm³/mol. The van der Waals surface area contributed by atoms with E-state index in [4.69, 9.17) is 5.73 Å². The minimum absolute atomic E-state index is 0.162.